The van der Waals surface area contributed by atoms with Gasteiger partial charge in [-0.05, 0) is 43.7 Å². The molecule has 1 saturated heterocycles. The summed E-state index contributed by atoms with van der Waals surface area (Å²) in [6.45, 7) is 9.55. The molecule has 3 nitrogen and oxygen atoms in total. The van der Waals surface area contributed by atoms with E-state index in [0.29, 0.717) is 12.3 Å². The quantitative estimate of drug-likeness (QED) is 0.726. The molecule has 16 heavy (non-hydrogen) atoms. The molecule has 1 unspecified atom stereocenters. The predicted octanol–water partition coefficient (Wildman–Crippen LogP) is 1.93. The van der Waals surface area contributed by atoms with Crippen LogP contribution in [0.5, 0.6) is 0 Å². The normalized spacial score (nSPS) is 21.1. The molecule has 1 atom stereocenters. The van der Waals surface area contributed by atoms with Crippen molar-refractivity contribution in [3.05, 3.63) is 0 Å². The molecule has 0 saturated carbocycles. The Balaban J connectivity index is 2.10. The lowest BCUT2D eigenvalue weighted by atomic mass is 9.90. The van der Waals surface area contributed by atoms with Crippen molar-refractivity contribution in [3.8, 4) is 0 Å². The average Bonchev–Trinajstić information content (AvgIpc) is 2.76. The van der Waals surface area contributed by atoms with E-state index in [0.717, 1.165) is 32.5 Å². The van der Waals surface area contributed by atoms with Crippen molar-refractivity contribution in [2.75, 3.05) is 19.6 Å². The van der Waals surface area contributed by atoms with Crippen LogP contribution < -0.4 is 10.6 Å². The molecule has 94 valence electrons. The van der Waals surface area contributed by atoms with E-state index in [1.807, 2.05) is 0 Å². The minimum Gasteiger partial charge on any atom is -0.356 e. The highest BCUT2D eigenvalue weighted by molar-refractivity contribution is 5.75. The summed E-state index contributed by atoms with van der Waals surface area (Å²) in [6.07, 6.45) is 4.05. The molecule has 1 aliphatic rings. The number of carbonyl (C=O) groups is 1. The first-order valence-electron chi connectivity index (χ1n) is 6.51. The van der Waals surface area contributed by atoms with E-state index in [-0.39, 0.29) is 11.3 Å². The standard InChI is InChI=1S/C13H26N2O/c1-4-13(2,3)10-15-12(16)6-5-11-7-8-14-9-11/h11,14H,4-10H2,1-3H3,(H,15,16). The van der Waals surface area contributed by atoms with Gasteiger partial charge < -0.3 is 10.6 Å². The topological polar surface area (TPSA) is 41.1 Å². The summed E-state index contributed by atoms with van der Waals surface area (Å²) in [5.74, 6) is 0.929. The molecule has 1 amide bonds. The lowest BCUT2D eigenvalue weighted by Crippen LogP contribution is -2.33. The van der Waals surface area contributed by atoms with Crippen molar-refractivity contribution in [2.45, 2.75) is 46.5 Å². The SMILES string of the molecule is CCC(C)(C)CNC(=O)CCC1CCNC1. The Kier molecular flexibility index (Phi) is 5.26. The van der Waals surface area contributed by atoms with Gasteiger partial charge in [-0.15, -0.1) is 0 Å². The van der Waals surface area contributed by atoms with Crippen LogP contribution in [-0.4, -0.2) is 25.5 Å². The largest absolute Gasteiger partial charge is 0.356 e. The molecule has 0 aliphatic carbocycles. The Morgan fingerprint density at radius 1 is 1.50 bits per heavy atom. The zero-order chi connectivity index (χ0) is 12.0. The fraction of sp³-hybridized carbons (Fsp3) is 0.923. The van der Waals surface area contributed by atoms with Gasteiger partial charge >= 0.3 is 0 Å². The number of carbonyl (C=O) groups excluding carboxylic acids is 1. The molecule has 0 aromatic heterocycles. The molecule has 2 N–H and O–H groups in total. The van der Waals surface area contributed by atoms with Gasteiger partial charge in [0.25, 0.3) is 0 Å². The summed E-state index contributed by atoms with van der Waals surface area (Å²) in [5.41, 5.74) is 0.227. The van der Waals surface area contributed by atoms with Crippen LogP contribution in [0, 0.1) is 11.3 Å². The first kappa shape index (κ1) is 13.5. The molecule has 1 aliphatic heterocycles. The molecule has 0 bridgehead atoms. The van der Waals surface area contributed by atoms with Gasteiger partial charge in [0.2, 0.25) is 5.91 Å². The minimum absolute atomic E-state index is 0.216. The smallest absolute Gasteiger partial charge is 0.220 e. The second-order valence-corrected chi connectivity index (χ2v) is 5.69. The lowest BCUT2D eigenvalue weighted by molar-refractivity contribution is -0.121. The Bertz CT molecular complexity index is 220. The molecule has 1 rings (SSSR count). The van der Waals surface area contributed by atoms with Crippen molar-refractivity contribution in [1.82, 2.24) is 10.6 Å². The predicted molar refractivity (Wildman–Crippen MR) is 67.3 cm³/mol. The first-order chi connectivity index (χ1) is 7.53. The van der Waals surface area contributed by atoms with E-state index >= 15 is 0 Å². The number of hydrogen-bond donors (Lipinski definition) is 2. The van der Waals surface area contributed by atoms with E-state index in [4.69, 9.17) is 0 Å². The van der Waals surface area contributed by atoms with Gasteiger partial charge in [0, 0.05) is 13.0 Å². The van der Waals surface area contributed by atoms with Crippen LogP contribution in [-0.2, 0) is 4.79 Å². The Morgan fingerprint density at radius 2 is 2.25 bits per heavy atom. The molecule has 1 fully saturated rings. The maximum absolute atomic E-state index is 11.6. The first-order valence-corrected chi connectivity index (χ1v) is 6.51. The highest BCUT2D eigenvalue weighted by Crippen LogP contribution is 2.18. The summed E-state index contributed by atoms with van der Waals surface area (Å²) in [5, 5.41) is 6.37. The fourth-order valence-electron chi connectivity index (χ4n) is 1.85. The molecule has 1 heterocycles. The van der Waals surface area contributed by atoms with Crippen LogP contribution in [0.15, 0.2) is 0 Å². The molecule has 0 aromatic rings. The zero-order valence-corrected chi connectivity index (χ0v) is 10.9. The van der Waals surface area contributed by atoms with Crippen LogP contribution in [0.25, 0.3) is 0 Å². The number of amides is 1. The van der Waals surface area contributed by atoms with E-state index in [2.05, 4.69) is 31.4 Å². The van der Waals surface area contributed by atoms with E-state index < -0.39 is 0 Å². The number of hydrogen-bond acceptors (Lipinski definition) is 2. The van der Waals surface area contributed by atoms with Crippen LogP contribution >= 0.6 is 0 Å². The molecule has 0 radical (unpaired) electrons. The maximum Gasteiger partial charge on any atom is 0.220 e. The van der Waals surface area contributed by atoms with Gasteiger partial charge in [-0.3, -0.25) is 4.79 Å². The van der Waals surface area contributed by atoms with Crippen molar-refractivity contribution in [3.63, 3.8) is 0 Å². The van der Waals surface area contributed by atoms with Crippen molar-refractivity contribution in [2.24, 2.45) is 11.3 Å². The minimum atomic E-state index is 0.216. The second-order valence-electron chi connectivity index (χ2n) is 5.69. The van der Waals surface area contributed by atoms with Gasteiger partial charge in [-0.2, -0.15) is 0 Å². The van der Waals surface area contributed by atoms with Gasteiger partial charge in [-0.1, -0.05) is 20.8 Å². The van der Waals surface area contributed by atoms with Crippen LogP contribution in [0.4, 0.5) is 0 Å². The van der Waals surface area contributed by atoms with Gasteiger partial charge in [0.15, 0.2) is 0 Å². The Hall–Kier alpha value is -0.570. The highest BCUT2D eigenvalue weighted by Gasteiger charge is 2.18. The third-order valence-electron chi connectivity index (χ3n) is 3.66. The van der Waals surface area contributed by atoms with Gasteiger partial charge in [0.1, 0.15) is 0 Å². The zero-order valence-electron chi connectivity index (χ0n) is 10.9. The molecular weight excluding hydrogens is 200 g/mol. The third kappa shape index (κ3) is 4.97. The lowest BCUT2D eigenvalue weighted by Gasteiger charge is -2.23. The Labute approximate surface area is 99.4 Å². The van der Waals surface area contributed by atoms with Crippen molar-refractivity contribution >= 4 is 5.91 Å². The maximum atomic E-state index is 11.6. The molecule has 0 spiro atoms. The highest BCUT2D eigenvalue weighted by atomic mass is 16.1. The number of rotatable bonds is 6. The molecule has 0 aromatic carbocycles. The van der Waals surface area contributed by atoms with E-state index in [9.17, 15) is 4.79 Å². The van der Waals surface area contributed by atoms with Gasteiger partial charge in [0.05, 0.1) is 0 Å². The van der Waals surface area contributed by atoms with Crippen molar-refractivity contribution in [1.29, 1.82) is 0 Å². The summed E-state index contributed by atoms with van der Waals surface area (Å²) in [7, 11) is 0. The van der Waals surface area contributed by atoms with Gasteiger partial charge in [-0.25, -0.2) is 0 Å². The summed E-state index contributed by atoms with van der Waals surface area (Å²) < 4.78 is 0. The van der Waals surface area contributed by atoms with E-state index in [1.54, 1.807) is 0 Å². The Morgan fingerprint density at radius 3 is 2.81 bits per heavy atom. The second kappa shape index (κ2) is 6.24. The summed E-state index contributed by atoms with van der Waals surface area (Å²) in [4.78, 5) is 11.6. The van der Waals surface area contributed by atoms with Crippen LogP contribution in [0.2, 0.25) is 0 Å². The van der Waals surface area contributed by atoms with Crippen molar-refractivity contribution < 1.29 is 4.79 Å². The van der Waals surface area contributed by atoms with Crippen LogP contribution in [0.3, 0.4) is 0 Å². The molecule has 3 heteroatoms. The monoisotopic (exact) mass is 226 g/mol. The third-order valence-corrected chi connectivity index (χ3v) is 3.66. The molecular formula is C13H26N2O. The average molecular weight is 226 g/mol. The van der Waals surface area contributed by atoms with Crippen LogP contribution in [0.1, 0.15) is 46.5 Å². The summed E-state index contributed by atoms with van der Waals surface area (Å²) >= 11 is 0. The summed E-state index contributed by atoms with van der Waals surface area (Å²) in [6, 6.07) is 0. The fourth-order valence-corrected chi connectivity index (χ4v) is 1.85. The van der Waals surface area contributed by atoms with E-state index in [1.165, 1.54) is 6.42 Å². The number of nitrogens with one attached hydrogen (secondary N) is 2.